The molecule has 0 amide bonds. The summed E-state index contributed by atoms with van der Waals surface area (Å²) < 4.78 is 25.2. The third kappa shape index (κ3) is 2.79. The maximum atomic E-state index is 11.9. The van der Waals surface area contributed by atoms with Gasteiger partial charge in [-0.15, -0.1) is 0 Å². The van der Waals surface area contributed by atoms with E-state index in [1.54, 1.807) is 7.05 Å². The highest BCUT2D eigenvalue weighted by molar-refractivity contribution is 7.89. The highest BCUT2D eigenvalue weighted by atomic mass is 32.2. The van der Waals surface area contributed by atoms with Gasteiger partial charge in [0.2, 0.25) is 10.0 Å². The van der Waals surface area contributed by atoms with Crippen LogP contribution in [0.4, 0.5) is 0 Å². The van der Waals surface area contributed by atoms with Gasteiger partial charge in [0, 0.05) is 19.8 Å². The summed E-state index contributed by atoms with van der Waals surface area (Å²) in [5, 5.41) is 6.14. The molecule has 86 valence electrons. The number of aromatic nitrogens is 2. The van der Waals surface area contributed by atoms with E-state index >= 15 is 0 Å². The lowest BCUT2D eigenvalue weighted by atomic mass is 10.1. The summed E-state index contributed by atoms with van der Waals surface area (Å²) in [4.78, 5) is 0.216. The number of aromatic amines is 1. The van der Waals surface area contributed by atoms with Gasteiger partial charge in [-0.1, -0.05) is 20.3 Å². The number of sulfonamides is 1. The van der Waals surface area contributed by atoms with Crippen LogP contribution >= 0.6 is 0 Å². The van der Waals surface area contributed by atoms with E-state index in [2.05, 4.69) is 10.2 Å². The smallest absolute Gasteiger partial charge is 0.245 e. The zero-order chi connectivity index (χ0) is 11.5. The number of nitrogens with one attached hydrogen (secondary N) is 1. The van der Waals surface area contributed by atoms with Gasteiger partial charge in [0.1, 0.15) is 4.90 Å². The molecule has 0 saturated carbocycles. The predicted octanol–water partition coefficient (Wildman–Crippen LogP) is 1.08. The molecule has 0 aliphatic rings. The van der Waals surface area contributed by atoms with E-state index < -0.39 is 10.0 Å². The van der Waals surface area contributed by atoms with Crippen LogP contribution in [0.25, 0.3) is 0 Å². The second-order valence-corrected chi connectivity index (χ2v) is 5.78. The molecule has 1 unspecified atom stereocenters. The van der Waals surface area contributed by atoms with E-state index in [0.29, 0.717) is 12.5 Å². The molecule has 1 atom stereocenters. The Morgan fingerprint density at radius 1 is 1.60 bits per heavy atom. The molecule has 0 spiro atoms. The van der Waals surface area contributed by atoms with Crippen molar-refractivity contribution >= 4 is 10.0 Å². The van der Waals surface area contributed by atoms with Crippen molar-refractivity contribution in [3.05, 3.63) is 12.4 Å². The molecule has 1 rings (SSSR count). The molecule has 0 fully saturated rings. The van der Waals surface area contributed by atoms with Crippen molar-refractivity contribution in [2.75, 3.05) is 13.6 Å². The minimum atomic E-state index is -3.36. The Bertz CT molecular complexity index is 385. The van der Waals surface area contributed by atoms with Crippen molar-refractivity contribution in [3.8, 4) is 0 Å². The van der Waals surface area contributed by atoms with E-state index in [-0.39, 0.29) is 4.90 Å². The van der Waals surface area contributed by atoms with Crippen molar-refractivity contribution in [2.45, 2.75) is 25.2 Å². The Hall–Kier alpha value is -0.880. The summed E-state index contributed by atoms with van der Waals surface area (Å²) in [6.45, 7) is 4.61. The zero-order valence-electron chi connectivity index (χ0n) is 9.27. The molecule has 5 nitrogen and oxygen atoms in total. The van der Waals surface area contributed by atoms with Crippen molar-refractivity contribution in [1.82, 2.24) is 14.5 Å². The summed E-state index contributed by atoms with van der Waals surface area (Å²) in [5.41, 5.74) is 0. The molecule has 0 aliphatic heterocycles. The Labute approximate surface area is 90.5 Å². The van der Waals surface area contributed by atoms with Gasteiger partial charge in [-0.3, -0.25) is 5.10 Å². The van der Waals surface area contributed by atoms with Crippen LogP contribution in [-0.2, 0) is 10.0 Å². The van der Waals surface area contributed by atoms with Gasteiger partial charge in [0.05, 0.1) is 6.20 Å². The van der Waals surface area contributed by atoms with Crippen molar-refractivity contribution < 1.29 is 8.42 Å². The van der Waals surface area contributed by atoms with Crippen LogP contribution in [0, 0.1) is 5.92 Å². The standard InChI is InChI=1S/C9H17N3O2S/c1-4-8(2)7-12(3)15(13,14)9-5-10-11-6-9/h5-6,8H,4,7H2,1-3H3,(H,10,11). The van der Waals surface area contributed by atoms with Crippen molar-refractivity contribution in [3.63, 3.8) is 0 Å². The molecule has 0 bridgehead atoms. The SMILES string of the molecule is CCC(C)CN(C)S(=O)(=O)c1cn[nH]c1. The largest absolute Gasteiger partial charge is 0.284 e. The monoisotopic (exact) mass is 231 g/mol. The van der Waals surface area contributed by atoms with E-state index in [9.17, 15) is 8.42 Å². The zero-order valence-corrected chi connectivity index (χ0v) is 10.1. The highest BCUT2D eigenvalue weighted by Gasteiger charge is 2.22. The first-order chi connectivity index (χ1) is 6.98. The molecular formula is C9H17N3O2S. The third-order valence-corrected chi connectivity index (χ3v) is 4.24. The van der Waals surface area contributed by atoms with Crippen LogP contribution in [-0.4, -0.2) is 36.5 Å². The highest BCUT2D eigenvalue weighted by Crippen LogP contribution is 2.14. The molecular weight excluding hydrogens is 214 g/mol. The van der Waals surface area contributed by atoms with E-state index in [1.807, 2.05) is 13.8 Å². The first kappa shape index (κ1) is 12.2. The maximum Gasteiger partial charge on any atom is 0.245 e. The van der Waals surface area contributed by atoms with Crippen LogP contribution in [0.15, 0.2) is 17.3 Å². The van der Waals surface area contributed by atoms with E-state index in [4.69, 9.17) is 0 Å². The maximum absolute atomic E-state index is 11.9. The lowest BCUT2D eigenvalue weighted by Gasteiger charge is -2.19. The fourth-order valence-electron chi connectivity index (χ4n) is 1.23. The molecule has 1 N–H and O–H groups in total. The number of rotatable bonds is 5. The average Bonchev–Trinajstić information content (AvgIpc) is 2.70. The second kappa shape index (κ2) is 4.76. The quantitative estimate of drug-likeness (QED) is 0.824. The first-order valence-corrected chi connectivity index (χ1v) is 6.37. The van der Waals surface area contributed by atoms with Gasteiger partial charge < -0.3 is 0 Å². The predicted molar refractivity (Wildman–Crippen MR) is 57.9 cm³/mol. The van der Waals surface area contributed by atoms with Crippen LogP contribution in [0.3, 0.4) is 0 Å². The van der Waals surface area contributed by atoms with Crippen LogP contribution < -0.4 is 0 Å². The van der Waals surface area contributed by atoms with Gasteiger partial charge >= 0.3 is 0 Å². The molecule has 1 aromatic rings. The summed E-state index contributed by atoms with van der Waals surface area (Å²) in [6.07, 6.45) is 3.68. The van der Waals surface area contributed by atoms with Gasteiger partial charge in [-0.25, -0.2) is 12.7 Å². The number of hydrogen-bond acceptors (Lipinski definition) is 3. The molecule has 0 radical (unpaired) electrons. The molecule has 1 heterocycles. The summed E-state index contributed by atoms with van der Waals surface area (Å²) in [7, 11) is -1.77. The molecule has 0 aromatic carbocycles. The van der Waals surface area contributed by atoms with Crippen LogP contribution in [0.2, 0.25) is 0 Å². The first-order valence-electron chi connectivity index (χ1n) is 4.93. The Morgan fingerprint density at radius 3 is 2.73 bits per heavy atom. The average molecular weight is 231 g/mol. The summed E-state index contributed by atoms with van der Waals surface area (Å²) in [6, 6.07) is 0. The minimum absolute atomic E-state index is 0.216. The van der Waals surface area contributed by atoms with E-state index in [1.165, 1.54) is 16.7 Å². The molecule has 6 heteroatoms. The van der Waals surface area contributed by atoms with Crippen molar-refractivity contribution in [2.24, 2.45) is 5.92 Å². The van der Waals surface area contributed by atoms with Gasteiger partial charge in [0.25, 0.3) is 0 Å². The summed E-state index contributed by atoms with van der Waals surface area (Å²) >= 11 is 0. The lowest BCUT2D eigenvalue weighted by molar-refractivity contribution is 0.393. The van der Waals surface area contributed by atoms with Gasteiger partial charge in [0.15, 0.2) is 0 Å². The fraction of sp³-hybridized carbons (Fsp3) is 0.667. The third-order valence-electron chi connectivity index (χ3n) is 2.45. The van der Waals surface area contributed by atoms with Gasteiger partial charge in [-0.2, -0.15) is 5.10 Å². The summed E-state index contributed by atoms with van der Waals surface area (Å²) in [5.74, 6) is 0.358. The Kier molecular flexibility index (Phi) is 3.87. The minimum Gasteiger partial charge on any atom is -0.284 e. The lowest BCUT2D eigenvalue weighted by Crippen LogP contribution is -2.30. The van der Waals surface area contributed by atoms with Crippen LogP contribution in [0.5, 0.6) is 0 Å². The normalized spacial score (nSPS) is 14.4. The fourth-order valence-corrected chi connectivity index (χ4v) is 2.42. The topological polar surface area (TPSA) is 66.1 Å². The van der Waals surface area contributed by atoms with E-state index in [0.717, 1.165) is 6.42 Å². The number of H-pyrrole nitrogens is 1. The molecule has 1 aromatic heterocycles. The van der Waals surface area contributed by atoms with Gasteiger partial charge in [-0.05, 0) is 5.92 Å². The van der Waals surface area contributed by atoms with Crippen molar-refractivity contribution in [1.29, 1.82) is 0 Å². The molecule has 0 aliphatic carbocycles. The van der Waals surface area contributed by atoms with Crippen LogP contribution in [0.1, 0.15) is 20.3 Å². The Balaban J connectivity index is 2.79. The number of nitrogens with zero attached hydrogens (tertiary/aromatic N) is 2. The molecule has 15 heavy (non-hydrogen) atoms. The second-order valence-electron chi connectivity index (χ2n) is 3.73. The Morgan fingerprint density at radius 2 is 2.27 bits per heavy atom. The number of hydrogen-bond donors (Lipinski definition) is 1. The molecule has 0 saturated heterocycles.